The number of hydrogen-bond donors (Lipinski definition) is 1. The average molecular weight is 513 g/mol. The van der Waals surface area contributed by atoms with Crippen LogP contribution in [-0.2, 0) is 21.2 Å². The number of thioether (sulfide) groups is 1. The Balaban J connectivity index is 1.78. The number of aryl methyl sites for hydroxylation is 1. The van der Waals surface area contributed by atoms with Crippen molar-refractivity contribution in [3.63, 3.8) is 0 Å². The summed E-state index contributed by atoms with van der Waals surface area (Å²) in [6.45, 7) is 3.99. The molecule has 0 fully saturated rings. The van der Waals surface area contributed by atoms with E-state index in [0.717, 1.165) is 22.0 Å². The number of nitrogens with one attached hydrogen (secondary N) is 1. The molecule has 0 aromatic heterocycles. The van der Waals surface area contributed by atoms with Crippen LogP contribution < -0.4 is 14.4 Å². The van der Waals surface area contributed by atoms with E-state index in [1.807, 2.05) is 38.3 Å². The highest BCUT2D eigenvalue weighted by Gasteiger charge is 2.27. The van der Waals surface area contributed by atoms with Crippen molar-refractivity contribution in [1.82, 2.24) is 5.32 Å². The van der Waals surface area contributed by atoms with Gasteiger partial charge in [0.1, 0.15) is 12.3 Å². The summed E-state index contributed by atoms with van der Waals surface area (Å²) in [6.07, 6.45) is 3.51. The largest absolute Gasteiger partial charge is 0.494 e. The van der Waals surface area contributed by atoms with Gasteiger partial charge in [-0.15, -0.1) is 11.8 Å². The molecule has 0 saturated carbocycles. The van der Waals surface area contributed by atoms with Crippen LogP contribution in [-0.4, -0.2) is 39.8 Å². The summed E-state index contributed by atoms with van der Waals surface area (Å²) in [6, 6.07) is 23.4. The quantitative estimate of drug-likeness (QED) is 0.340. The van der Waals surface area contributed by atoms with E-state index in [-0.39, 0.29) is 23.4 Å². The predicted molar refractivity (Wildman–Crippen MR) is 143 cm³/mol. The molecular weight excluding hydrogens is 480 g/mol. The third-order valence-electron chi connectivity index (χ3n) is 5.49. The standard InChI is InChI=1S/C27H32N2O4S2/c1-4-33-24-14-12-23(13-15-24)29(35(31,32)26-18-16-25(34-3)17-19-26)20-27(30)28-21(2)10-11-22-8-6-5-7-9-22/h5-9,12-19,21H,4,10-11,20H2,1-3H3,(H,28,30)/t21-/m0/s1. The topological polar surface area (TPSA) is 75.7 Å². The molecule has 1 amide bonds. The first-order chi connectivity index (χ1) is 16.8. The van der Waals surface area contributed by atoms with Crippen molar-refractivity contribution in [2.75, 3.05) is 23.7 Å². The molecule has 6 nitrogen and oxygen atoms in total. The highest BCUT2D eigenvalue weighted by Crippen LogP contribution is 2.27. The van der Waals surface area contributed by atoms with Crippen molar-refractivity contribution in [3.05, 3.63) is 84.4 Å². The number of benzene rings is 3. The molecule has 0 saturated heterocycles. The Morgan fingerprint density at radius 3 is 2.26 bits per heavy atom. The number of ether oxygens (including phenoxy) is 1. The minimum Gasteiger partial charge on any atom is -0.494 e. The summed E-state index contributed by atoms with van der Waals surface area (Å²) in [5.41, 5.74) is 1.59. The number of amides is 1. The van der Waals surface area contributed by atoms with Crippen LogP contribution in [0.2, 0.25) is 0 Å². The second kappa shape index (κ2) is 12.7. The first-order valence-corrected chi connectivity index (χ1v) is 14.2. The zero-order valence-electron chi connectivity index (χ0n) is 20.3. The normalized spacial score (nSPS) is 12.1. The molecule has 0 aliphatic heterocycles. The van der Waals surface area contributed by atoms with Gasteiger partial charge in [-0.1, -0.05) is 30.3 Å². The van der Waals surface area contributed by atoms with Gasteiger partial charge in [0.15, 0.2) is 0 Å². The Morgan fingerprint density at radius 2 is 1.66 bits per heavy atom. The van der Waals surface area contributed by atoms with Gasteiger partial charge in [0.2, 0.25) is 5.91 Å². The third-order valence-corrected chi connectivity index (χ3v) is 8.02. The molecule has 3 aromatic carbocycles. The summed E-state index contributed by atoms with van der Waals surface area (Å²) < 4.78 is 33.8. The lowest BCUT2D eigenvalue weighted by Gasteiger charge is -2.25. The number of sulfonamides is 1. The van der Waals surface area contributed by atoms with Crippen LogP contribution in [0.1, 0.15) is 25.8 Å². The maximum absolute atomic E-state index is 13.6. The molecule has 1 N–H and O–H groups in total. The Kier molecular flexibility index (Phi) is 9.63. The van der Waals surface area contributed by atoms with Crippen LogP contribution >= 0.6 is 11.8 Å². The van der Waals surface area contributed by atoms with Gasteiger partial charge < -0.3 is 10.1 Å². The Bertz CT molecular complexity index is 1180. The summed E-state index contributed by atoms with van der Waals surface area (Å²) >= 11 is 1.53. The minimum absolute atomic E-state index is 0.103. The molecule has 0 aliphatic rings. The molecule has 8 heteroatoms. The monoisotopic (exact) mass is 512 g/mol. The summed E-state index contributed by atoms with van der Waals surface area (Å²) in [5, 5.41) is 2.95. The van der Waals surface area contributed by atoms with E-state index < -0.39 is 10.0 Å². The van der Waals surface area contributed by atoms with Gasteiger partial charge >= 0.3 is 0 Å². The van der Waals surface area contributed by atoms with Crippen molar-refractivity contribution >= 4 is 33.4 Å². The van der Waals surface area contributed by atoms with E-state index in [0.29, 0.717) is 18.0 Å². The van der Waals surface area contributed by atoms with E-state index in [4.69, 9.17) is 4.74 Å². The molecule has 35 heavy (non-hydrogen) atoms. The number of rotatable bonds is 12. The summed E-state index contributed by atoms with van der Waals surface area (Å²) in [5.74, 6) is 0.278. The molecule has 0 spiro atoms. The molecule has 3 rings (SSSR count). The number of nitrogens with zero attached hydrogens (tertiary/aromatic N) is 1. The maximum Gasteiger partial charge on any atom is 0.264 e. The van der Waals surface area contributed by atoms with Gasteiger partial charge in [0.05, 0.1) is 17.2 Å². The number of hydrogen-bond acceptors (Lipinski definition) is 5. The molecular formula is C27H32N2O4S2. The molecule has 0 unspecified atom stereocenters. The van der Waals surface area contributed by atoms with Gasteiger partial charge in [-0.2, -0.15) is 0 Å². The molecule has 1 atom stereocenters. The Labute approximate surface area is 212 Å². The van der Waals surface area contributed by atoms with Crippen LogP contribution in [0, 0.1) is 0 Å². The lowest BCUT2D eigenvalue weighted by Crippen LogP contribution is -2.43. The van der Waals surface area contributed by atoms with Gasteiger partial charge in [0.25, 0.3) is 10.0 Å². The van der Waals surface area contributed by atoms with Crippen molar-refractivity contribution in [2.24, 2.45) is 0 Å². The zero-order valence-corrected chi connectivity index (χ0v) is 21.9. The fourth-order valence-electron chi connectivity index (χ4n) is 3.62. The molecule has 0 heterocycles. The average Bonchev–Trinajstić information content (AvgIpc) is 2.87. The van der Waals surface area contributed by atoms with Crippen LogP contribution in [0.15, 0.2) is 88.7 Å². The smallest absolute Gasteiger partial charge is 0.264 e. The molecule has 0 bridgehead atoms. The lowest BCUT2D eigenvalue weighted by molar-refractivity contribution is -0.120. The van der Waals surface area contributed by atoms with Gasteiger partial charge in [0, 0.05) is 10.9 Å². The van der Waals surface area contributed by atoms with E-state index in [9.17, 15) is 13.2 Å². The van der Waals surface area contributed by atoms with Crippen LogP contribution in [0.4, 0.5) is 5.69 Å². The fraction of sp³-hybridized carbons (Fsp3) is 0.296. The molecule has 0 aliphatic carbocycles. The SMILES string of the molecule is CCOc1ccc(N(CC(=O)N[C@@H](C)CCc2ccccc2)S(=O)(=O)c2ccc(SC)cc2)cc1. The third kappa shape index (κ3) is 7.50. The van der Waals surface area contributed by atoms with Crippen LogP contribution in [0.5, 0.6) is 5.75 Å². The maximum atomic E-state index is 13.6. The van der Waals surface area contributed by atoms with Crippen molar-refractivity contribution in [1.29, 1.82) is 0 Å². The minimum atomic E-state index is -3.97. The number of anilines is 1. The van der Waals surface area contributed by atoms with Gasteiger partial charge in [-0.25, -0.2) is 8.42 Å². The van der Waals surface area contributed by atoms with E-state index in [1.165, 1.54) is 17.3 Å². The second-order valence-corrected chi connectivity index (χ2v) is 10.8. The number of carbonyl (C=O) groups is 1. The Morgan fingerprint density at radius 1 is 1.00 bits per heavy atom. The van der Waals surface area contributed by atoms with Crippen molar-refractivity contribution in [2.45, 2.75) is 42.5 Å². The van der Waals surface area contributed by atoms with Gasteiger partial charge in [-0.05, 0) is 87.0 Å². The fourth-order valence-corrected chi connectivity index (χ4v) is 5.45. The summed E-state index contributed by atoms with van der Waals surface area (Å²) in [4.78, 5) is 14.0. The second-order valence-electron chi connectivity index (χ2n) is 8.11. The molecule has 3 aromatic rings. The van der Waals surface area contributed by atoms with E-state index in [2.05, 4.69) is 17.4 Å². The van der Waals surface area contributed by atoms with Gasteiger partial charge in [-0.3, -0.25) is 9.10 Å². The first kappa shape index (κ1) is 26.6. The highest BCUT2D eigenvalue weighted by atomic mass is 32.2. The molecule has 0 radical (unpaired) electrons. The summed E-state index contributed by atoms with van der Waals surface area (Å²) in [7, 11) is -3.97. The van der Waals surface area contributed by atoms with Crippen molar-refractivity contribution < 1.29 is 17.9 Å². The van der Waals surface area contributed by atoms with E-state index in [1.54, 1.807) is 48.5 Å². The van der Waals surface area contributed by atoms with Crippen LogP contribution in [0.25, 0.3) is 0 Å². The van der Waals surface area contributed by atoms with E-state index >= 15 is 0 Å². The Hall–Kier alpha value is -2.97. The number of carbonyl (C=O) groups excluding carboxylic acids is 1. The van der Waals surface area contributed by atoms with Crippen molar-refractivity contribution in [3.8, 4) is 5.75 Å². The van der Waals surface area contributed by atoms with Crippen LogP contribution in [0.3, 0.4) is 0 Å². The lowest BCUT2D eigenvalue weighted by atomic mass is 10.1. The zero-order chi connectivity index (χ0) is 25.3. The highest BCUT2D eigenvalue weighted by molar-refractivity contribution is 7.98. The first-order valence-electron chi connectivity index (χ1n) is 11.6. The predicted octanol–water partition coefficient (Wildman–Crippen LogP) is 5.14. The molecule has 186 valence electrons.